The lowest BCUT2D eigenvalue weighted by Crippen LogP contribution is -2.18. The van der Waals surface area contributed by atoms with E-state index in [1.807, 2.05) is 23.0 Å². The van der Waals surface area contributed by atoms with Gasteiger partial charge in [0.1, 0.15) is 0 Å². The minimum atomic E-state index is 0.0309. The van der Waals surface area contributed by atoms with Gasteiger partial charge in [-0.2, -0.15) is 5.10 Å². The fourth-order valence-corrected chi connectivity index (χ4v) is 2.75. The quantitative estimate of drug-likeness (QED) is 0.730. The van der Waals surface area contributed by atoms with Gasteiger partial charge in [0.2, 0.25) is 0 Å². The molecule has 0 spiro atoms. The van der Waals surface area contributed by atoms with Gasteiger partial charge >= 0.3 is 0 Å². The molecule has 1 saturated heterocycles. The number of fused-ring (bicyclic) bond motifs is 1. The largest absolute Gasteiger partial charge is 0.356 e. The zero-order valence-electron chi connectivity index (χ0n) is 12.4. The van der Waals surface area contributed by atoms with E-state index in [0.29, 0.717) is 10.9 Å². The second-order valence-corrected chi connectivity index (χ2v) is 6.13. The maximum absolute atomic E-state index is 6.31. The summed E-state index contributed by atoms with van der Waals surface area (Å²) in [6.07, 6.45) is 5.20. The van der Waals surface area contributed by atoms with Crippen molar-refractivity contribution in [1.82, 2.24) is 9.78 Å². The molecule has 0 saturated carbocycles. The normalized spacial score (nSPS) is 18.8. The Kier molecular flexibility index (Phi) is 4.19. The highest BCUT2D eigenvalue weighted by molar-refractivity contribution is 6.32. The van der Waals surface area contributed by atoms with E-state index in [9.17, 15) is 0 Å². The average Bonchev–Trinajstić information content (AvgIpc) is 2.88. The Balaban J connectivity index is 2.03. The van der Waals surface area contributed by atoms with Gasteiger partial charge < -0.3 is 4.74 Å². The molecule has 1 fully saturated rings. The molecule has 3 rings (SSSR count). The van der Waals surface area contributed by atoms with Crippen molar-refractivity contribution in [1.29, 1.82) is 0 Å². The first-order valence-electron chi connectivity index (χ1n) is 7.45. The third kappa shape index (κ3) is 3.07. The van der Waals surface area contributed by atoms with Crippen LogP contribution < -0.4 is 0 Å². The summed E-state index contributed by atoms with van der Waals surface area (Å²) in [5.74, 6) is 6.65. The summed E-state index contributed by atoms with van der Waals surface area (Å²) in [5, 5.41) is 6.19. The van der Waals surface area contributed by atoms with Crippen molar-refractivity contribution >= 4 is 22.5 Å². The molecule has 3 nitrogen and oxygen atoms in total. The van der Waals surface area contributed by atoms with Gasteiger partial charge in [-0.25, -0.2) is 4.68 Å². The first-order valence-corrected chi connectivity index (χ1v) is 7.83. The van der Waals surface area contributed by atoms with Gasteiger partial charge in [0.05, 0.1) is 16.7 Å². The zero-order valence-corrected chi connectivity index (χ0v) is 13.2. The standard InChI is InChI=1S/C17H19ClN2O/c1-12(2)6-7-13-10-16-14(9-15(13)18)11-19-20(16)17-5-3-4-8-21-17/h9-12,17H,3-5,8H2,1-2H3. The molecule has 1 unspecified atom stereocenters. The Hall–Kier alpha value is -1.50. The van der Waals surface area contributed by atoms with Gasteiger partial charge in [-0.15, -0.1) is 0 Å². The highest BCUT2D eigenvalue weighted by Gasteiger charge is 2.19. The van der Waals surface area contributed by atoms with E-state index in [1.54, 1.807) is 0 Å². The molecule has 1 aliphatic heterocycles. The van der Waals surface area contributed by atoms with Gasteiger partial charge in [0, 0.05) is 23.5 Å². The Morgan fingerprint density at radius 2 is 2.24 bits per heavy atom. The van der Waals surface area contributed by atoms with Gasteiger partial charge in [0.25, 0.3) is 0 Å². The molecule has 1 aromatic carbocycles. The average molecular weight is 303 g/mol. The van der Waals surface area contributed by atoms with Crippen LogP contribution in [-0.4, -0.2) is 16.4 Å². The van der Waals surface area contributed by atoms with Crippen LogP contribution in [0, 0.1) is 17.8 Å². The highest BCUT2D eigenvalue weighted by Crippen LogP contribution is 2.29. The number of hydrogen-bond acceptors (Lipinski definition) is 2. The molecule has 21 heavy (non-hydrogen) atoms. The fourth-order valence-electron chi connectivity index (χ4n) is 2.53. The minimum absolute atomic E-state index is 0.0309. The van der Waals surface area contributed by atoms with E-state index in [1.165, 1.54) is 6.42 Å². The SMILES string of the molecule is CC(C)C#Cc1cc2c(cnn2C2CCCCO2)cc1Cl. The number of rotatable bonds is 1. The van der Waals surface area contributed by atoms with Gasteiger partial charge in [-0.05, 0) is 31.4 Å². The summed E-state index contributed by atoms with van der Waals surface area (Å²) in [7, 11) is 0. The highest BCUT2D eigenvalue weighted by atomic mass is 35.5. The van der Waals surface area contributed by atoms with Crippen molar-refractivity contribution in [3.8, 4) is 11.8 Å². The van der Waals surface area contributed by atoms with Crippen LogP contribution in [0.5, 0.6) is 0 Å². The number of ether oxygens (including phenoxy) is 1. The molecule has 2 aromatic rings. The van der Waals surface area contributed by atoms with E-state index < -0.39 is 0 Å². The molecule has 0 amide bonds. The molecule has 0 aliphatic carbocycles. The summed E-state index contributed by atoms with van der Waals surface area (Å²) in [6.45, 7) is 4.94. The molecule has 1 atom stereocenters. The third-order valence-corrected chi connectivity index (χ3v) is 3.92. The number of nitrogens with zero attached hydrogens (tertiary/aromatic N) is 2. The smallest absolute Gasteiger partial charge is 0.150 e. The molecular weight excluding hydrogens is 284 g/mol. The summed E-state index contributed by atoms with van der Waals surface area (Å²) >= 11 is 6.31. The first kappa shape index (κ1) is 14.4. The van der Waals surface area contributed by atoms with Crippen LogP contribution in [0.15, 0.2) is 18.3 Å². The molecule has 0 radical (unpaired) electrons. The summed E-state index contributed by atoms with van der Waals surface area (Å²) < 4.78 is 7.79. The van der Waals surface area contributed by atoms with Gasteiger partial charge in [0.15, 0.2) is 6.23 Å². The third-order valence-electron chi connectivity index (χ3n) is 3.61. The lowest BCUT2D eigenvalue weighted by molar-refractivity contribution is -0.0366. The topological polar surface area (TPSA) is 27.1 Å². The minimum Gasteiger partial charge on any atom is -0.356 e. The summed E-state index contributed by atoms with van der Waals surface area (Å²) in [6, 6.07) is 3.96. The Labute approximate surface area is 130 Å². The second kappa shape index (κ2) is 6.09. The van der Waals surface area contributed by atoms with E-state index >= 15 is 0 Å². The number of halogens is 1. The van der Waals surface area contributed by atoms with Crippen LogP contribution in [0.3, 0.4) is 0 Å². The van der Waals surface area contributed by atoms with E-state index in [4.69, 9.17) is 16.3 Å². The lowest BCUT2D eigenvalue weighted by atomic mass is 10.1. The van der Waals surface area contributed by atoms with Crippen molar-refractivity contribution in [3.63, 3.8) is 0 Å². The Morgan fingerprint density at radius 1 is 1.38 bits per heavy atom. The summed E-state index contributed by atoms with van der Waals surface area (Å²) in [4.78, 5) is 0. The van der Waals surface area contributed by atoms with Crippen LogP contribution in [0.2, 0.25) is 5.02 Å². The Morgan fingerprint density at radius 3 is 2.95 bits per heavy atom. The Bertz CT molecular complexity index is 703. The van der Waals surface area contributed by atoms with E-state index in [2.05, 4.69) is 30.8 Å². The van der Waals surface area contributed by atoms with Crippen molar-refractivity contribution < 1.29 is 4.74 Å². The van der Waals surface area contributed by atoms with Crippen molar-refractivity contribution in [2.45, 2.75) is 39.3 Å². The van der Waals surface area contributed by atoms with Crippen LogP contribution >= 0.6 is 11.6 Å². The van der Waals surface area contributed by atoms with Crippen molar-refractivity contribution in [2.75, 3.05) is 6.61 Å². The predicted octanol–water partition coefficient (Wildman–Crippen LogP) is 4.40. The number of hydrogen-bond donors (Lipinski definition) is 0. The monoisotopic (exact) mass is 302 g/mol. The molecule has 0 N–H and O–H groups in total. The van der Waals surface area contributed by atoms with Gasteiger partial charge in [-0.3, -0.25) is 0 Å². The number of benzene rings is 1. The molecule has 4 heteroatoms. The maximum atomic E-state index is 6.31. The zero-order chi connectivity index (χ0) is 14.8. The van der Waals surface area contributed by atoms with Crippen LogP contribution in [0.4, 0.5) is 0 Å². The molecule has 0 bridgehead atoms. The van der Waals surface area contributed by atoms with E-state index in [0.717, 1.165) is 35.9 Å². The maximum Gasteiger partial charge on any atom is 0.150 e. The van der Waals surface area contributed by atoms with Crippen LogP contribution in [0.25, 0.3) is 10.9 Å². The molecule has 1 aromatic heterocycles. The second-order valence-electron chi connectivity index (χ2n) is 5.73. The fraction of sp³-hybridized carbons (Fsp3) is 0.471. The van der Waals surface area contributed by atoms with Crippen LogP contribution in [0.1, 0.15) is 44.9 Å². The number of aromatic nitrogens is 2. The molecule has 1 aliphatic rings. The van der Waals surface area contributed by atoms with Crippen molar-refractivity contribution in [2.24, 2.45) is 5.92 Å². The van der Waals surface area contributed by atoms with Gasteiger partial charge in [-0.1, -0.05) is 37.3 Å². The predicted molar refractivity (Wildman–Crippen MR) is 85.3 cm³/mol. The van der Waals surface area contributed by atoms with Crippen LogP contribution in [-0.2, 0) is 4.74 Å². The lowest BCUT2D eigenvalue weighted by Gasteiger charge is -2.23. The van der Waals surface area contributed by atoms with E-state index in [-0.39, 0.29) is 6.23 Å². The first-order chi connectivity index (χ1) is 10.1. The molecular formula is C17H19ClN2O. The summed E-state index contributed by atoms with van der Waals surface area (Å²) in [5.41, 5.74) is 1.90. The van der Waals surface area contributed by atoms with Crippen molar-refractivity contribution in [3.05, 3.63) is 28.9 Å². The molecule has 110 valence electrons. The molecule has 2 heterocycles.